The van der Waals surface area contributed by atoms with E-state index in [2.05, 4.69) is 17.5 Å². The molecule has 0 fully saturated rings. The number of hydrogen-bond donors (Lipinski definition) is 1. The van der Waals surface area contributed by atoms with Gasteiger partial charge in [0.15, 0.2) is 0 Å². The molecular weight excluding hydrogens is 292 g/mol. The van der Waals surface area contributed by atoms with Crippen molar-refractivity contribution in [3.8, 4) is 0 Å². The summed E-state index contributed by atoms with van der Waals surface area (Å²) in [4.78, 5) is 11.6. The molecule has 0 atom stereocenters. The van der Waals surface area contributed by atoms with E-state index in [1.807, 2.05) is 31.2 Å². The fourth-order valence-electron chi connectivity index (χ4n) is 1.52. The number of hydrogen-bond acceptors (Lipinski definition) is 3. The number of carbonyl (C=O) groups excluding carboxylic acids is 1. The van der Waals surface area contributed by atoms with Crippen molar-refractivity contribution in [1.82, 2.24) is 5.43 Å². The second-order valence-corrected chi connectivity index (χ2v) is 6.03. The van der Waals surface area contributed by atoms with Crippen LogP contribution in [0.4, 0.5) is 0 Å². The van der Waals surface area contributed by atoms with Crippen LogP contribution < -0.4 is 5.43 Å². The highest BCUT2D eigenvalue weighted by atomic mass is 35.5. The first-order valence-electron chi connectivity index (χ1n) is 6.76. The largest absolute Gasteiger partial charge is 0.272 e. The minimum Gasteiger partial charge on any atom is -0.272 e. The fourth-order valence-corrected chi connectivity index (χ4v) is 2.43. The van der Waals surface area contributed by atoms with E-state index in [4.69, 9.17) is 11.6 Å². The number of nitrogens with one attached hydrogen (secondary N) is 1. The van der Waals surface area contributed by atoms with E-state index >= 15 is 0 Å². The second kappa shape index (κ2) is 9.83. The fraction of sp³-hybridized carbons (Fsp3) is 0.467. The first kappa shape index (κ1) is 17.1. The summed E-state index contributed by atoms with van der Waals surface area (Å²) in [5.41, 5.74) is 4.73. The molecule has 110 valence electrons. The highest BCUT2D eigenvalue weighted by Crippen LogP contribution is 2.15. The molecule has 0 saturated heterocycles. The van der Waals surface area contributed by atoms with Gasteiger partial charge in [-0.1, -0.05) is 37.1 Å². The molecule has 0 unspecified atom stereocenters. The molecule has 3 nitrogen and oxygen atoms in total. The summed E-state index contributed by atoms with van der Waals surface area (Å²) in [5.74, 6) is 1.15. The van der Waals surface area contributed by atoms with Crippen LogP contribution in [0.1, 0.15) is 38.7 Å². The van der Waals surface area contributed by atoms with Crippen molar-refractivity contribution in [3.63, 3.8) is 0 Å². The molecule has 0 aliphatic rings. The number of carbonyl (C=O) groups is 1. The van der Waals surface area contributed by atoms with Gasteiger partial charge in [-0.15, -0.1) is 11.8 Å². The number of thioether (sulfide) groups is 1. The van der Waals surface area contributed by atoms with Gasteiger partial charge in [0.25, 0.3) is 0 Å². The van der Waals surface area contributed by atoms with Crippen LogP contribution in [0.15, 0.2) is 29.4 Å². The SMILES string of the molecule is CCCC/C(C)=N\NC(=O)CSCc1ccc(Cl)cc1. The molecule has 20 heavy (non-hydrogen) atoms. The van der Waals surface area contributed by atoms with Gasteiger partial charge in [-0.3, -0.25) is 4.79 Å². The summed E-state index contributed by atoms with van der Waals surface area (Å²) >= 11 is 7.38. The van der Waals surface area contributed by atoms with Gasteiger partial charge in [0.05, 0.1) is 5.75 Å². The second-order valence-electron chi connectivity index (χ2n) is 4.60. The Morgan fingerprint density at radius 2 is 2.05 bits per heavy atom. The Bertz CT molecular complexity index is 446. The maximum Gasteiger partial charge on any atom is 0.250 e. The van der Waals surface area contributed by atoms with Gasteiger partial charge in [-0.25, -0.2) is 5.43 Å². The molecule has 0 aliphatic heterocycles. The third-order valence-corrected chi connectivity index (χ3v) is 3.93. The van der Waals surface area contributed by atoms with Crippen LogP contribution in [0.25, 0.3) is 0 Å². The number of hydrazone groups is 1. The minimum absolute atomic E-state index is 0.0557. The standard InChI is InChI=1S/C15H21ClN2OS/c1-3-4-5-12(2)17-18-15(19)11-20-10-13-6-8-14(16)9-7-13/h6-9H,3-5,10-11H2,1-2H3,(H,18,19)/b17-12-. The molecule has 1 rings (SSSR count). The average Bonchev–Trinajstić information content (AvgIpc) is 2.45. The Morgan fingerprint density at radius 1 is 1.35 bits per heavy atom. The smallest absolute Gasteiger partial charge is 0.250 e. The van der Waals surface area contributed by atoms with Crippen LogP contribution in [0.2, 0.25) is 5.02 Å². The van der Waals surface area contributed by atoms with Crippen molar-refractivity contribution in [2.75, 3.05) is 5.75 Å². The Kier molecular flexibility index (Phi) is 8.38. The van der Waals surface area contributed by atoms with Gasteiger partial charge in [-0.2, -0.15) is 5.10 Å². The number of halogens is 1. The number of nitrogens with zero attached hydrogens (tertiary/aromatic N) is 1. The number of unbranched alkanes of at least 4 members (excludes halogenated alkanes) is 1. The first-order valence-corrected chi connectivity index (χ1v) is 8.29. The van der Waals surface area contributed by atoms with Gasteiger partial charge < -0.3 is 0 Å². The normalized spacial score (nSPS) is 11.4. The number of amides is 1. The Balaban J connectivity index is 2.21. The molecule has 1 aromatic rings. The van der Waals surface area contributed by atoms with Crippen LogP contribution in [0.3, 0.4) is 0 Å². The Morgan fingerprint density at radius 3 is 2.70 bits per heavy atom. The third-order valence-electron chi connectivity index (χ3n) is 2.68. The lowest BCUT2D eigenvalue weighted by molar-refractivity contribution is -0.118. The summed E-state index contributed by atoms with van der Waals surface area (Å²) < 4.78 is 0. The molecule has 0 spiro atoms. The molecule has 0 aliphatic carbocycles. The van der Waals surface area contributed by atoms with Crippen LogP contribution in [-0.2, 0) is 10.5 Å². The quantitative estimate of drug-likeness (QED) is 0.576. The van der Waals surface area contributed by atoms with Crippen LogP contribution in [-0.4, -0.2) is 17.4 Å². The highest BCUT2D eigenvalue weighted by molar-refractivity contribution is 7.99. The Hall–Kier alpha value is -1.00. The lowest BCUT2D eigenvalue weighted by Crippen LogP contribution is -2.21. The first-order chi connectivity index (χ1) is 9.61. The maximum atomic E-state index is 11.6. The van der Waals surface area contributed by atoms with Crippen molar-refractivity contribution in [2.45, 2.75) is 38.9 Å². The predicted octanol–water partition coefficient (Wildman–Crippen LogP) is 4.26. The van der Waals surface area contributed by atoms with Gasteiger partial charge in [0.1, 0.15) is 0 Å². The zero-order chi connectivity index (χ0) is 14.8. The van der Waals surface area contributed by atoms with E-state index in [0.29, 0.717) is 5.75 Å². The van der Waals surface area contributed by atoms with Crippen LogP contribution in [0.5, 0.6) is 0 Å². The highest BCUT2D eigenvalue weighted by Gasteiger charge is 2.01. The maximum absolute atomic E-state index is 11.6. The summed E-state index contributed by atoms with van der Waals surface area (Å²) in [7, 11) is 0. The van der Waals surface area contributed by atoms with E-state index < -0.39 is 0 Å². The predicted molar refractivity (Wildman–Crippen MR) is 88.4 cm³/mol. The zero-order valence-electron chi connectivity index (χ0n) is 12.0. The lowest BCUT2D eigenvalue weighted by atomic mass is 10.2. The molecule has 0 radical (unpaired) electrons. The molecule has 0 aromatic heterocycles. The molecule has 1 N–H and O–H groups in total. The monoisotopic (exact) mass is 312 g/mol. The third kappa shape index (κ3) is 7.56. The van der Waals surface area contributed by atoms with E-state index in [1.54, 1.807) is 11.8 Å². The number of benzene rings is 1. The molecular formula is C15H21ClN2OS. The number of rotatable bonds is 8. The van der Waals surface area contributed by atoms with Crippen molar-refractivity contribution in [2.24, 2.45) is 5.10 Å². The molecule has 1 aromatic carbocycles. The average molecular weight is 313 g/mol. The molecule has 0 saturated carbocycles. The lowest BCUT2D eigenvalue weighted by Gasteiger charge is -2.03. The van der Waals surface area contributed by atoms with Crippen molar-refractivity contribution in [1.29, 1.82) is 0 Å². The van der Waals surface area contributed by atoms with Crippen LogP contribution in [0, 0.1) is 0 Å². The van der Waals surface area contributed by atoms with Gasteiger partial charge in [0.2, 0.25) is 5.91 Å². The summed E-state index contributed by atoms with van der Waals surface area (Å²) in [5, 5.41) is 4.82. The van der Waals surface area contributed by atoms with Crippen molar-refractivity contribution < 1.29 is 4.79 Å². The van der Waals surface area contributed by atoms with E-state index in [0.717, 1.165) is 41.3 Å². The zero-order valence-corrected chi connectivity index (χ0v) is 13.6. The Labute approximate surface area is 130 Å². The molecule has 0 heterocycles. The topological polar surface area (TPSA) is 41.5 Å². The van der Waals surface area contributed by atoms with Gasteiger partial charge in [0, 0.05) is 16.5 Å². The molecule has 0 bridgehead atoms. The summed E-state index contributed by atoms with van der Waals surface area (Å²) in [6.07, 6.45) is 3.18. The molecule has 5 heteroatoms. The van der Waals surface area contributed by atoms with Gasteiger partial charge in [-0.05, 0) is 37.5 Å². The molecule has 1 amide bonds. The van der Waals surface area contributed by atoms with Gasteiger partial charge >= 0.3 is 0 Å². The van der Waals surface area contributed by atoms with Crippen molar-refractivity contribution in [3.05, 3.63) is 34.9 Å². The van der Waals surface area contributed by atoms with Crippen molar-refractivity contribution >= 4 is 35.0 Å². The van der Waals surface area contributed by atoms with E-state index in [-0.39, 0.29) is 5.91 Å². The van der Waals surface area contributed by atoms with E-state index in [9.17, 15) is 4.79 Å². The summed E-state index contributed by atoms with van der Waals surface area (Å²) in [6.45, 7) is 4.08. The minimum atomic E-state index is -0.0557. The van der Waals surface area contributed by atoms with E-state index in [1.165, 1.54) is 0 Å². The van der Waals surface area contributed by atoms with Crippen LogP contribution >= 0.6 is 23.4 Å². The summed E-state index contributed by atoms with van der Waals surface area (Å²) in [6, 6.07) is 7.67.